The molecule has 0 aliphatic rings. The van der Waals surface area contributed by atoms with Crippen LogP contribution in [0.1, 0.15) is 10.4 Å². The fraction of sp³-hybridized carbons (Fsp3) is 0.0714. The molecule has 2 aromatic rings. The molecule has 0 fully saturated rings. The first-order valence-corrected chi connectivity index (χ1v) is 6.75. The molecule has 0 saturated carbocycles. The van der Waals surface area contributed by atoms with Crippen LogP contribution in [0.4, 0.5) is 10.1 Å². The molecular weight excluding hydrogens is 334 g/mol. The summed E-state index contributed by atoms with van der Waals surface area (Å²) in [6.07, 6.45) is 1.24. The van der Waals surface area contributed by atoms with E-state index in [1.54, 1.807) is 0 Å². The number of rotatable bonds is 4. The van der Waals surface area contributed by atoms with Crippen LogP contribution in [-0.2, 0) is 9.53 Å². The maximum atomic E-state index is 12.9. The van der Waals surface area contributed by atoms with E-state index >= 15 is 0 Å². The second kappa shape index (κ2) is 7.20. The van der Waals surface area contributed by atoms with Gasteiger partial charge in [0.25, 0.3) is 5.91 Å². The largest absolute Gasteiger partial charge is 0.452 e. The lowest BCUT2D eigenvalue weighted by molar-refractivity contribution is -0.119. The molecule has 1 N–H and O–H groups in total. The van der Waals surface area contributed by atoms with Crippen LogP contribution in [0.5, 0.6) is 0 Å². The Labute approximate surface area is 135 Å². The number of nitrogens with one attached hydrogen (secondary N) is 1. The molecule has 1 amide bonds. The van der Waals surface area contributed by atoms with E-state index in [1.807, 2.05) is 0 Å². The molecule has 8 heteroatoms. The van der Waals surface area contributed by atoms with Gasteiger partial charge in [0, 0.05) is 6.20 Å². The van der Waals surface area contributed by atoms with Crippen LogP contribution in [0, 0.1) is 5.82 Å². The van der Waals surface area contributed by atoms with Crippen molar-refractivity contribution in [3.8, 4) is 0 Å². The van der Waals surface area contributed by atoms with Crippen molar-refractivity contribution in [2.24, 2.45) is 0 Å². The van der Waals surface area contributed by atoms with Crippen molar-refractivity contribution >= 4 is 40.8 Å². The smallest absolute Gasteiger partial charge is 0.340 e. The Morgan fingerprint density at radius 2 is 2.00 bits per heavy atom. The second-order valence-electron chi connectivity index (χ2n) is 4.12. The Morgan fingerprint density at radius 1 is 1.23 bits per heavy atom. The summed E-state index contributed by atoms with van der Waals surface area (Å²) in [6, 6.07) is 6.36. The second-order valence-corrected chi connectivity index (χ2v) is 4.91. The van der Waals surface area contributed by atoms with E-state index in [1.165, 1.54) is 24.4 Å². The molecule has 1 aromatic heterocycles. The molecule has 0 bridgehead atoms. The third-order valence-corrected chi connectivity index (χ3v) is 3.04. The fourth-order valence-electron chi connectivity index (χ4n) is 1.49. The number of ether oxygens (including phenoxy) is 1. The zero-order valence-electron chi connectivity index (χ0n) is 11.0. The zero-order chi connectivity index (χ0) is 16.1. The van der Waals surface area contributed by atoms with Crippen LogP contribution < -0.4 is 5.32 Å². The number of hydrogen-bond donors (Lipinski definition) is 1. The van der Waals surface area contributed by atoms with Crippen LogP contribution in [0.2, 0.25) is 10.2 Å². The minimum absolute atomic E-state index is 0.0431. The summed E-state index contributed by atoms with van der Waals surface area (Å²) >= 11 is 11.4. The molecule has 2 rings (SSSR count). The van der Waals surface area contributed by atoms with Crippen molar-refractivity contribution in [3.05, 3.63) is 58.1 Å². The predicted molar refractivity (Wildman–Crippen MR) is 79.6 cm³/mol. The molecule has 22 heavy (non-hydrogen) atoms. The highest BCUT2D eigenvalue weighted by molar-refractivity contribution is 6.33. The van der Waals surface area contributed by atoms with Gasteiger partial charge in [-0.1, -0.05) is 23.2 Å². The molecule has 114 valence electrons. The van der Waals surface area contributed by atoms with Crippen LogP contribution in [0.15, 0.2) is 36.5 Å². The Morgan fingerprint density at radius 3 is 2.64 bits per heavy atom. The number of nitrogens with zero attached hydrogens (tertiary/aromatic N) is 1. The van der Waals surface area contributed by atoms with Crippen molar-refractivity contribution in [1.82, 2.24) is 4.98 Å². The van der Waals surface area contributed by atoms with Gasteiger partial charge in [-0.15, -0.1) is 0 Å². The topological polar surface area (TPSA) is 68.3 Å². The number of esters is 1. The quantitative estimate of drug-likeness (QED) is 0.683. The van der Waals surface area contributed by atoms with Crippen LogP contribution in [0.25, 0.3) is 0 Å². The van der Waals surface area contributed by atoms with Gasteiger partial charge in [-0.25, -0.2) is 14.2 Å². The van der Waals surface area contributed by atoms with Gasteiger partial charge in [0.1, 0.15) is 11.0 Å². The van der Waals surface area contributed by atoms with Gasteiger partial charge in [0.2, 0.25) is 0 Å². The fourth-order valence-corrected chi connectivity index (χ4v) is 1.81. The van der Waals surface area contributed by atoms with Crippen molar-refractivity contribution in [3.63, 3.8) is 0 Å². The van der Waals surface area contributed by atoms with Gasteiger partial charge in [-0.05, 0) is 30.3 Å². The highest BCUT2D eigenvalue weighted by atomic mass is 35.5. The minimum Gasteiger partial charge on any atom is -0.452 e. The summed E-state index contributed by atoms with van der Waals surface area (Å²) in [6.45, 7) is -0.519. The molecule has 0 aliphatic heterocycles. The normalized spacial score (nSPS) is 10.1. The minimum atomic E-state index is -0.718. The van der Waals surface area contributed by atoms with Gasteiger partial charge >= 0.3 is 5.97 Å². The number of amides is 1. The number of pyridine rings is 1. The lowest BCUT2D eigenvalue weighted by Crippen LogP contribution is -2.21. The number of carbonyl (C=O) groups excluding carboxylic acids is 2. The Hall–Kier alpha value is -2.18. The van der Waals surface area contributed by atoms with Gasteiger partial charge in [0.05, 0.1) is 16.3 Å². The number of aromatic nitrogens is 1. The third kappa shape index (κ3) is 4.41. The standard InChI is InChI=1S/C14H9Cl2FN2O3/c15-10-5-9(17)2-3-11(10)19-13(20)7-22-14(21)8-1-4-12(16)18-6-8/h1-6H,7H2,(H,19,20). The summed E-state index contributed by atoms with van der Waals surface area (Å²) < 4.78 is 17.7. The van der Waals surface area contributed by atoms with Gasteiger partial charge in [-0.2, -0.15) is 0 Å². The Kier molecular flexibility index (Phi) is 5.30. The number of halogens is 3. The molecule has 0 unspecified atom stereocenters. The van der Waals surface area contributed by atoms with Crippen LogP contribution in [0.3, 0.4) is 0 Å². The van der Waals surface area contributed by atoms with E-state index in [4.69, 9.17) is 27.9 Å². The highest BCUT2D eigenvalue weighted by Crippen LogP contribution is 2.22. The van der Waals surface area contributed by atoms with Crippen molar-refractivity contribution in [2.45, 2.75) is 0 Å². The number of anilines is 1. The molecule has 1 aromatic carbocycles. The number of hydrogen-bond acceptors (Lipinski definition) is 4. The molecule has 0 radical (unpaired) electrons. The summed E-state index contributed by atoms with van der Waals surface area (Å²) in [5.41, 5.74) is 0.384. The molecule has 1 heterocycles. The molecule has 0 atom stereocenters. The SMILES string of the molecule is O=C(COC(=O)c1ccc(Cl)nc1)Nc1ccc(F)cc1Cl. The summed E-state index contributed by atoms with van der Waals surface area (Å²) in [7, 11) is 0. The van der Waals surface area contributed by atoms with E-state index in [0.29, 0.717) is 0 Å². The van der Waals surface area contributed by atoms with Crippen LogP contribution >= 0.6 is 23.2 Å². The van der Waals surface area contributed by atoms with Gasteiger partial charge in [-0.3, -0.25) is 4.79 Å². The van der Waals surface area contributed by atoms with Crippen LogP contribution in [-0.4, -0.2) is 23.5 Å². The van der Waals surface area contributed by atoms with E-state index in [9.17, 15) is 14.0 Å². The van der Waals surface area contributed by atoms with Crippen molar-refractivity contribution in [2.75, 3.05) is 11.9 Å². The predicted octanol–water partition coefficient (Wildman–Crippen LogP) is 3.32. The summed E-state index contributed by atoms with van der Waals surface area (Å²) in [5, 5.41) is 2.68. The third-order valence-electron chi connectivity index (χ3n) is 2.50. The molecule has 0 saturated heterocycles. The summed E-state index contributed by atoms with van der Waals surface area (Å²) in [4.78, 5) is 27.1. The first-order chi connectivity index (χ1) is 10.5. The maximum absolute atomic E-state index is 12.9. The van der Waals surface area contributed by atoms with Gasteiger partial charge in [0.15, 0.2) is 6.61 Å². The zero-order valence-corrected chi connectivity index (χ0v) is 12.5. The monoisotopic (exact) mass is 342 g/mol. The first-order valence-electron chi connectivity index (χ1n) is 5.99. The molecule has 0 spiro atoms. The number of carbonyl (C=O) groups is 2. The maximum Gasteiger partial charge on any atom is 0.340 e. The Balaban J connectivity index is 1.89. The average Bonchev–Trinajstić information content (AvgIpc) is 2.48. The Bertz CT molecular complexity index is 708. The molecule has 0 aliphatic carbocycles. The first kappa shape index (κ1) is 16.2. The van der Waals surface area contributed by atoms with Gasteiger partial charge < -0.3 is 10.1 Å². The number of benzene rings is 1. The van der Waals surface area contributed by atoms with E-state index < -0.39 is 24.3 Å². The summed E-state index contributed by atoms with van der Waals surface area (Å²) in [5.74, 6) is -1.85. The average molecular weight is 343 g/mol. The lowest BCUT2D eigenvalue weighted by Gasteiger charge is -2.08. The molecular formula is C14H9Cl2FN2O3. The highest BCUT2D eigenvalue weighted by Gasteiger charge is 2.12. The van der Waals surface area contributed by atoms with E-state index in [2.05, 4.69) is 10.3 Å². The van der Waals surface area contributed by atoms with E-state index in [-0.39, 0.29) is 21.4 Å². The van der Waals surface area contributed by atoms with Crippen molar-refractivity contribution < 1.29 is 18.7 Å². The molecule has 5 nitrogen and oxygen atoms in total. The van der Waals surface area contributed by atoms with Crippen molar-refractivity contribution in [1.29, 1.82) is 0 Å². The lowest BCUT2D eigenvalue weighted by atomic mass is 10.3. The van der Waals surface area contributed by atoms with E-state index in [0.717, 1.165) is 12.1 Å².